The van der Waals surface area contributed by atoms with Gasteiger partial charge < -0.3 is 34.6 Å². The minimum Gasteiger partial charge on any atom is -0.507 e. The minimum absolute atomic E-state index is 0.0178. The number of benzene rings is 4. The Morgan fingerprint density at radius 2 is 0.536 bits per heavy atom. The van der Waals surface area contributed by atoms with Gasteiger partial charge in [0.1, 0.15) is 29.3 Å². The smallest absolute Gasteiger partial charge is 0.306 e. The van der Waals surface area contributed by atoms with Crippen LogP contribution in [0.3, 0.4) is 0 Å². The van der Waals surface area contributed by atoms with E-state index in [1.165, 1.54) is 103 Å². The quantitative estimate of drug-likeness (QED) is 0.0196. The monoisotopic (exact) mass is 1370 g/mol. The lowest BCUT2D eigenvalue weighted by Crippen LogP contribution is -2.18. The van der Waals surface area contributed by atoms with Crippen LogP contribution in [-0.4, -0.2) is 58.4 Å². The lowest BCUT2D eigenvalue weighted by molar-refractivity contribution is -0.144. The lowest BCUT2D eigenvalue weighted by Gasteiger charge is -2.28. The first kappa shape index (κ1) is 89.9. The van der Waals surface area contributed by atoms with Crippen molar-refractivity contribution in [2.24, 2.45) is 0 Å². The molecule has 4 aromatic carbocycles. The van der Waals surface area contributed by atoms with E-state index in [1.54, 1.807) is 0 Å². The molecule has 0 bridgehead atoms. The maximum atomic E-state index is 12.3. The number of unbranched alkanes of at least 4 members (excludes halogenated alkanes) is 15. The molecule has 1 unspecified atom stereocenters. The second-order valence-electron chi connectivity index (χ2n) is 35.6. The maximum absolute atomic E-state index is 12.3. The molecule has 0 saturated heterocycles. The van der Waals surface area contributed by atoms with E-state index < -0.39 is 0 Å². The number of phenols is 4. The van der Waals surface area contributed by atoms with Crippen molar-refractivity contribution in [3.05, 3.63) is 115 Å². The van der Waals surface area contributed by atoms with E-state index in [1.807, 2.05) is 24.3 Å². The number of hydrogen-bond acceptors (Lipinski definition) is 10. The first-order valence-corrected chi connectivity index (χ1v) is 37.8. The predicted octanol–water partition coefficient (Wildman–Crippen LogP) is 23.4. The van der Waals surface area contributed by atoms with Gasteiger partial charge in [-0.2, -0.15) is 0 Å². The fraction of sp³-hybridized carbons (Fsp3) is 0.686. The molecule has 0 radical (unpaired) electrons. The first-order valence-electron chi connectivity index (χ1n) is 37.0. The summed E-state index contributed by atoms with van der Waals surface area (Å²) in [7, 11) is 3.78. The van der Waals surface area contributed by atoms with Gasteiger partial charge in [-0.05, 0) is 137 Å². The Bertz CT molecular complexity index is 2880. The molecule has 11 heteroatoms. The van der Waals surface area contributed by atoms with Crippen molar-refractivity contribution in [2.45, 2.75) is 365 Å². The number of hydrogen-bond donors (Lipinski definition) is 4. The minimum atomic E-state index is -0.210. The molecule has 1 atom stereocenters. The lowest BCUT2D eigenvalue weighted by atomic mass is 9.78. The van der Waals surface area contributed by atoms with Crippen LogP contribution in [-0.2, 0) is 91.2 Å². The second-order valence-corrected chi connectivity index (χ2v) is 35.9. The highest BCUT2D eigenvalue weighted by atomic mass is 31.0. The summed E-state index contributed by atoms with van der Waals surface area (Å²) in [5, 5.41) is 42.5. The molecule has 0 amide bonds. The summed E-state index contributed by atoms with van der Waals surface area (Å²) in [4.78, 5) is 35.2. The molecular formula is C86H143O10P. The molecule has 0 saturated carbocycles. The molecule has 0 heterocycles. The fourth-order valence-corrected chi connectivity index (χ4v) is 12.0. The third-order valence-electron chi connectivity index (χ3n) is 17.8. The number of aryl methyl sites for hydroxylation is 4. The number of carbonyl (C=O) groups excluding carboxylic acids is 3. The van der Waals surface area contributed by atoms with Gasteiger partial charge in [0.25, 0.3) is 0 Å². The average Bonchev–Trinajstić information content (AvgIpc) is 0.811. The van der Waals surface area contributed by atoms with Crippen molar-refractivity contribution in [2.75, 3.05) is 20.1 Å². The molecule has 4 N–H and O–H groups in total. The van der Waals surface area contributed by atoms with Crippen LogP contribution in [0, 0.1) is 6.92 Å². The SMILES string of the molecule is CC(C)(C)c1cc(CCC(=O)OCP)cc(C(C)(C)C)c1O.CCCCCCCCCCCCCCCCCCOC(=O)CCc1cc(C(C)(C)C)c(O)c(C(C)(C)C)c1.COC(=O)CCc1cc(C(C)(C)C)c(O)c(C(C)(C)C)c1.Cc1cc(C(C)(C)C)c(O)c(C(C)(C)C)c1. The van der Waals surface area contributed by atoms with E-state index in [4.69, 9.17) is 14.2 Å². The molecule has 4 aromatic rings. The van der Waals surface area contributed by atoms with Crippen LogP contribution in [0.15, 0.2) is 48.5 Å². The molecule has 0 aliphatic rings. The van der Waals surface area contributed by atoms with Crippen LogP contribution in [0.2, 0.25) is 0 Å². The van der Waals surface area contributed by atoms with Crippen LogP contribution in [0.1, 0.15) is 362 Å². The van der Waals surface area contributed by atoms with Crippen molar-refractivity contribution in [3.8, 4) is 23.0 Å². The molecule has 0 spiro atoms. The van der Waals surface area contributed by atoms with Gasteiger partial charge in [0.2, 0.25) is 0 Å². The molecule has 4 rings (SSSR count). The Morgan fingerprint density at radius 3 is 0.753 bits per heavy atom. The largest absolute Gasteiger partial charge is 0.507 e. The third-order valence-corrected chi connectivity index (χ3v) is 18.0. The number of ether oxygens (including phenoxy) is 3. The normalized spacial score (nSPS) is 12.4. The van der Waals surface area contributed by atoms with Crippen LogP contribution < -0.4 is 0 Å². The molecule has 0 aliphatic heterocycles. The highest BCUT2D eigenvalue weighted by Crippen LogP contribution is 2.44. The van der Waals surface area contributed by atoms with Gasteiger partial charge in [-0.15, -0.1) is 0 Å². The van der Waals surface area contributed by atoms with E-state index in [0.717, 1.165) is 74.0 Å². The topological polar surface area (TPSA) is 160 Å². The van der Waals surface area contributed by atoms with Crippen molar-refractivity contribution < 1.29 is 49.0 Å². The van der Waals surface area contributed by atoms with Gasteiger partial charge in [-0.25, -0.2) is 0 Å². The van der Waals surface area contributed by atoms with Gasteiger partial charge in [0, 0.05) is 19.3 Å². The summed E-state index contributed by atoms with van der Waals surface area (Å²) in [6.07, 6.45) is 24.8. The zero-order valence-corrected chi connectivity index (χ0v) is 68.1. The van der Waals surface area contributed by atoms with Gasteiger partial charge in [0.15, 0.2) is 0 Å². The number of methoxy groups -OCH3 is 1. The fourth-order valence-electron chi connectivity index (χ4n) is 11.8. The summed E-state index contributed by atoms with van der Waals surface area (Å²) < 4.78 is 15.2. The van der Waals surface area contributed by atoms with Crippen molar-refractivity contribution in [1.29, 1.82) is 0 Å². The van der Waals surface area contributed by atoms with Crippen molar-refractivity contribution in [1.82, 2.24) is 0 Å². The highest BCUT2D eigenvalue weighted by molar-refractivity contribution is 7.16. The molecule has 97 heavy (non-hydrogen) atoms. The Morgan fingerprint density at radius 1 is 0.330 bits per heavy atom. The Balaban J connectivity index is 0.000000684. The van der Waals surface area contributed by atoms with Crippen molar-refractivity contribution >= 4 is 27.1 Å². The van der Waals surface area contributed by atoms with Crippen LogP contribution in [0.25, 0.3) is 0 Å². The predicted molar refractivity (Wildman–Crippen MR) is 415 cm³/mol. The van der Waals surface area contributed by atoms with E-state index in [9.17, 15) is 34.8 Å². The maximum Gasteiger partial charge on any atom is 0.306 e. The number of esters is 3. The third kappa shape index (κ3) is 33.8. The van der Waals surface area contributed by atoms with Crippen LogP contribution in [0.5, 0.6) is 23.0 Å². The van der Waals surface area contributed by atoms with Crippen LogP contribution in [0.4, 0.5) is 0 Å². The van der Waals surface area contributed by atoms with Crippen molar-refractivity contribution in [3.63, 3.8) is 0 Å². The zero-order chi connectivity index (χ0) is 74.7. The van der Waals surface area contributed by atoms with Gasteiger partial charge in [-0.3, -0.25) is 14.4 Å². The molecule has 0 fully saturated rings. The Hall–Kier alpha value is -5.08. The van der Waals surface area contributed by atoms with Gasteiger partial charge in [-0.1, -0.05) is 333 Å². The van der Waals surface area contributed by atoms with E-state index >= 15 is 0 Å². The summed E-state index contributed by atoms with van der Waals surface area (Å²) in [6.45, 7) is 55.4. The molecule has 0 aliphatic carbocycles. The van der Waals surface area contributed by atoms with E-state index in [0.29, 0.717) is 74.5 Å². The second kappa shape index (κ2) is 40.4. The Labute approximate surface area is 596 Å². The molecule has 10 nitrogen and oxygen atoms in total. The number of carbonyl (C=O) groups is 3. The summed E-state index contributed by atoms with van der Waals surface area (Å²) in [5.74, 6) is 1.07. The van der Waals surface area contributed by atoms with E-state index in [-0.39, 0.29) is 61.2 Å². The first-order chi connectivity index (χ1) is 44.4. The Kier molecular flexibility index (Phi) is 37.4. The molecular weight excluding hydrogens is 1220 g/mol. The molecule has 0 aromatic heterocycles. The standard InChI is InChI=1S/C35H62O3.C18H29O3P.C18H28O3.C15H24O/c1-8-9-10-11-12-13-14-15-16-17-18-19-20-21-22-23-26-38-32(36)25-24-29-27-30(34(2,3)4)33(37)31(28-29)35(5,6)7;1-17(2,3)13-9-12(7-8-15(19)21-11-22)10-14(16(13)20)18(4,5)6;1-17(2,3)13-10-12(8-9-15(19)21-7)11-14(16(13)20)18(4,5)6;1-10-8-11(14(2,3)4)13(16)12(9-10)15(5,6)7/h27-28,37H,8-26H2,1-7H3;9-10,20H,7-8,11,22H2,1-6H3;10-11,20H,8-9H2,1-7H3;8-9,16H,1-7H3. The summed E-state index contributed by atoms with van der Waals surface area (Å²) >= 11 is 0. The van der Waals surface area contributed by atoms with Crippen LogP contribution >= 0.6 is 9.24 Å². The summed E-state index contributed by atoms with van der Waals surface area (Å²) in [5.41, 5.74) is 11.2. The average molecular weight is 1370 g/mol. The molecule has 552 valence electrons. The van der Waals surface area contributed by atoms with E-state index in [2.05, 4.69) is 214 Å². The number of rotatable bonds is 27. The van der Waals surface area contributed by atoms with Gasteiger partial charge >= 0.3 is 17.9 Å². The highest BCUT2D eigenvalue weighted by Gasteiger charge is 2.31. The number of aromatic hydroxyl groups is 4. The van der Waals surface area contributed by atoms with Gasteiger partial charge in [0.05, 0.1) is 13.7 Å². The number of phenolic OH excluding ortho intramolecular Hbond substituents is 4. The summed E-state index contributed by atoms with van der Waals surface area (Å²) in [6, 6.07) is 16.3. The zero-order valence-electron chi connectivity index (χ0n) is 66.9.